The summed E-state index contributed by atoms with van der Waals surface area (Å²) in [5.74, 6) is -0.333. The Hall–Kier alpha value is -1.88. The third-order valence-electron chi connectivity index (χ3n) is 4.32. The molecule has 2 aromatic rings. The van der Waals surface area contributed by atoms with E-state index in [1.165, 1.54) is 0 Å². The number of benzene rings is 1. The minimum atomic E-state index is -0.333. The Bertz CT molecular complexity index is 809. The summed E-state index contributed by atoms with van der Waals surface area (Å²) in [4.78, 5) is 25.2. The number of esters is 1. The van der Waals surface area contributed by atoms with E-state index in [-0.39, 0.29) is 11.5 Å². The molecule has 5 heteroatoms. The molecule has 0 N–H and O–H groups in total. The smallest absolute Gasteiger partial charge is 0.339 e. The van der Waals surface area contributed by atoms with Crippen molar-refractivity contribution in [3.8, 4) is 0 Å². The summed E-state index contributed by atoms with van der Waals surface area (Å²) in [6.45, 7) is 2.80. The zero-order valence-corrected chi connectivity index (χ0v) is 15.3. The predicted octanol–water partition coefficient (Wildman–Crippen LogP) is 3.71. The maximum atomic E-state index is 12.8. The number of fused-ring (bicyclic) bond motifs is 1. The largest absolute Gasteiger partial charge is 0.462 e. The van der Waals surface area contributed by atoms with Crippen molar-refractivity contribution in [2.45, 2.75) is 39.2 Å². The van der Waals surface area contributed by atoms with Crippen LogP contribution in [0.3, 0.4) is 0 Å². The first-order chi connectivity index (χ1) is 11.6. The Morgan fingerprint density at radius 3 is 2.71 bits per heavy atom. The van der Waals surface area contributed by atoms with Gasteiger partial charge >= 0.3 is 5.97 Å². The molecule has 0 spiro atoms. The molecular weight excluding hydrogens is 370 g/mol. The van der Waals surface area contributed by atoms with Crippen molar-refractivity contribution in [3.63, 3.8) is 0 Å². The second kappa shape index (κ2) is 7.34. The fourth-order valence-corrected chi connectivity index (χ4v) is 3.43. The van der Waals surface area contributed by atoms with E-state index >= 15 is 0 Å². The molecule has 1 aliphatic rings. The highest BCUT2D eigenvalue weighted by atomic mass is 79.9. The van der Waals surface area contributed by atoms with Crippen LogP contribution in [0.15, 0.2) is 39.6 Å². The standard InChI is InChI=1S/C19H20BrNO3/c1-2-24-19(23)16-12-14(11-13-6-8-15(20)9-7-13)18(22)21-10-4-3-5-17(16)21/h6-9,12H,2-5,10-11H2,1H3. The number of pyridine rings is 1. The maximum absolute atomic E-state index is 12.8. The van der Waals surface area contributed by atoms with Gasteiger partial charge in [-0.2, -0.15) is 0 Å². The van der Waals surface area contributed by atoms with Crippen molar-refractivity contribution in [2.75, 3.05) is 6.61 Å². The maximum Gasteiger partial charge on any atom is 0.339 e. The molecule has 126 valence electrons. The highest BCUT2D eigenvalue weighted by molar-refractivity contribution is 9.10. The number of ether oxygens (including phenoxy) is 1. The number of rotatable bonds is 4. The number of carbonyl (C=O) groups excluding carboxylic acids is 1. The molecule has 2 heterocycles. The van der Waals surface area contributed by atoms with Gasteiger partial charge in [0, 0.05) is 28.7 Å². The first kappa shape index (κ1) is 17.0. The summed E-state index contributed by atoms with van der Waals surface area (Å²) < 4.78 is 7.96. The van der Waals surface area contributed by atoms with Crippen LogP contribution >= 0.6 is 15.9 Å². The lowest BCUT2D eigenvalue weighted by Gasteiger charge is -2.22. The zero-order valence-electron chi connectivity index (χ0n) is 13.7. The van der Waals surface area contributed by atoms with E-state index in [0.29, 0.717) is 30.7 Å². The third-order valence-corrected chi connectivity index (χ3v) is 4.85. The summed E-state index contributed by atoms with van der Waals surface area (Å²) in [5.41, 5.74) is 3.07. The van der Waals surface area contributed by atoms with E-state index in [4.69, 9.17) is 4.74 Å². The summed E-state index contributed by atoms with van der Waals surface area (Å²) in [5, 5.41) is 0. The third kappa shape index (κ3) is 3.46. The zero-order chi connectivity index (χ0) is 17.1. The van der Waals surface area contributed by atoms with Crippen LogP contribution < -0.4 is 5.56 Å². The van der Waals surface area contributed by atoms with Crippen LogP contribution in [0.2, 0.25) is 0 Å². The van der Waals surface area contributed by atoms with Crippen LogP contribution in [0.5, 0.6) is 0 Å². The van der Waals surface area contributed by atoms with Crippen LogP contribution in [0.1, 0.15) is 46.9 Å². The Labute approximate surface area is 149 Å². The minimum absolute atomic E-state index is 0.0145. The molecular formula is C19H20BrNO3. The first-order valence-electron chi connectivity index (χ1n) is 8.27. The average Bonchev–Trinajstić information content (AvgIpc) is 2.59. The van der Waals surface area contributed by atoms with Gasteiger partial charge in [0.2, 0.25) is 0 Å². The van der Waals surface area contributed by atoms with E-state index < -0.39 is 0 Å². The van der Waals surface area contributed by atoms with Crippen molar-refractivity contribution in [3.05, 3.63) is 67.5 Å². The van der Waals surface area contributed by atoms with Gasteiger partial charge < -0.3 is 9.30 Å². The Kier molecular flexibility index (Phi) is 5.19. The molecule has 0 saturated carbocycles. The van der Waals surface area contributed by atoms with Crippen LogP contribution in [-0.2, 0) is 24.1 Å². The highest BCUT2D eigenvalue weighted by Gasteiger charge is 2.22. The molecule has 1 aliphatic heterocycles. The number of hydrogen-bond acceptors (Lipinski definition) is 3. The molecule has 0 radical (unpaired) electrons. The van der Waals surface area contributed by atoms with Gasteiger partial charge in [0.25, 0.3) is 5.56 Å². The summed E-state index contributed by atoms with van der Waals surface area (Å²) in [6, 6.07) is 9.62. The summed E-state index contributed by atoms with van der Waals surface area (Å²) in [6.07, 6.45) is 3.23. The monoisotopic (exact) mass is 389 g/mol. The number of nitrogens with zero attached hydrogens (tertiary/aromatic N) is 1. The first-order valence-corrected chi connectivity index (χ1v) is 9.06. The van der Waals surface area contributed by atoms with E-state index in [9.17, 15) is 9.59 Å². The lowest BCUT2D eigenvalue weighted by atomic mass is 9.98. The molecule has 4 nitrogen and oxygen atoms in total. The molecule has 3 rings (SSSR count). The highest BCUT2D eigenvalue weighted by Crippen LogP contribution is 2.20. The molecule has 0 fully saturated rings. The molecule has 0 saturated heterocycles. The van der Waals surface area contributed by atoms with Gasteiger partial charge in [0.05, 0.1) is 12.2 Å². The lowest BCUT2D eigenvalue weighted by Crippen LogP contribution is -2.32. The molecule has 0 atom stereocenters. The van der Waals surface area contributed by atoms with Gasteiger partial charge in [-0.15, -0.1) is 0 Å². The molecule has 0 amide bonds. The van der Waals surface area contributed by atoms with Gasteiger partial charge in [-0.3, -0.25) is 4.79 Å². The van der Waals surface area contributed by atoms with Gasteiger partial charge in [-0.25, -0.2) is 4.79 Å². The molecule has 0 bridgehead atoms. The Morgan fingerprint density at radius 2 is 2.00 bits per heavy atom. The summed E-state index contributed by atoms with van der Waals surface area (Å²) in [7, 11) is 0. The normalized spacial score (nSPS) is 13.4. The van der Waals surface area contributed by atoms with Gasteiger partial charge in [-0.05, 0) is 49.9 Å². The van der Waals surface area contributed by atoms with Crippen LogP contribution in [0, 0.1) is 0 Å². The number of hydrogen-bond donors (Lipinski definition) is 0. The number of aromatic nitrogens is 1. The molecule has 1 aromatic carbocycles. The number of halogens is 1. The second-order valence-corrected chi connectivity index (χ2v) is 6.88. The van der Waals surface area contributed by atoms with Crippen molar-refractivity contribution >= 4 is 21.9 Å². The van der Waals surface area contributed by atoms with Gasteiger partial charge in [0.1, 0.15) is 0 Å². The Morgan fingerprint density at radius 1 is 1.25 bits per heavy atom. The van der Waals surface area contributed by atoms with Crippen molar-refractivity contribution in [1.82, 2.24) is 4.57 Å². The predicted molar refractivity (Wildman–Crippen MR) is 96.5 cm³/mol. The lowest BCUT2D eigenvalue weighted by molar-refractivity contribution is 0.0523. The van der Waals surface area contributed by atoms with Crippen molar-refractivity contribution in [1.29, 1.82) is 0 Å². The van der Waals surface area contributed by atoms with E-state index in [0.717, 1.165) is 35.0 Å². The number of carbonyl (C=O) groups is 1. The van der Waals surface area contributed by atoms with E-state index in [1.54, 1.807) is 17.6 Å². The fraction of sp³-hybridized carbons (Fsp3) is 0.368. The minimum Gasteiger partial charge on any atom is -0.462 e. The van der Waals surface area contributed by atoms with Crippen LogP contribution in [0.25, 0.3) is 0 Å². The quantitative estimate of drug-likeness (QED) is 0.748. The Balaban J connectivity index is 2.05. The van der Waals surface area contributed by atoms with E-state index in [1.807, 2.05) is 24.3 Å². The average molecular weight is 390 g/mol. The van der Waals surface area contributed by atoms with Gasteiger partial charge in [0.15, 0.2) is 0 Å². The second-order valence-electron chi connectivity index (χ2n) is 5.97. The molecule has 0 aliphatic carbocycles. The van der Waals surface area contributed by atoms with Crippen LogP contribution in [-0.4, -0.2) is 17.1 Å². The molecule has 24 heavy (non-hydrogen) atoms. The van der Waals surface area contributed by atoms with Crippen LogP contribution in [0.4, 0.5) is 0 Å². The fourth-order valence-electron chi connectivity index (χ4n) is 3.16. The molecule has 1 aromatic heterocycles. The summed E-state index contributed by atoms with van der Waals surface area (Å²) >= 11 is 3.42. The van der Waals surface area contributed by atoms with Crippen molar-refractivity contribution in [2.24, 2.45) is 0 Å². The molecule has 0 unspecified atom stereocenters. The SMILES string of the molecule is CCOC(=O)c1cc(Cc2ccc(Br)cc2)c(=O)n2c1CCCC2. The van der Waals surface area contributed by atoms with Crippen molar-refractivity contribution < 1.29 is 9.53 Å². The van der Waals surface area contributed by atoms with Gasteiger partial charge in [-0.1, -0.05) is 28.1 Å². The topological polar surface area (TPSA) is 48.3 Å². The van der Waals surface area contributed by atoms with E-state index in [2.05, 4.69) is 15.9 Å².